The van der Waals surface area contributed by atoms with Crippen molar-refractivity contribution in [3.8, 4) is 0 Å². The van der Waals surface area contributed by atoms with Gasteiger partial charge >= 0.3 is 5.97 Å². The van der Waals surface area contributed by atoms with Crippen molar-refractivity contribution in [1.82, 2.24) is 0 Å². The molecule has 1 heterocycles. The van der Waals surface area contributed by atoms with Crippen LogP contribution in [0.25, 0.3) is 0 Å². The highest BCUT2D eigenvalue weighted by atomic mass is 16.5. The van der Waals surface area contributed by atoms with E-state index in [1.807, 2.05) is 13.8 Å². The first kappa shape index (κ1) is 27.0. The molecule has 0 unspecified atom stereocenters. The summed E-state index contributed by atoms with van der Waals surface area (Å²) in [7, 11) is 0. The Morgan fingerprint density at radius 2 is 1.47 bits per heavy atom. The summed E-state index contributed by atoms with van der Waals surface area (Å²) in [4.78, 5) is 11.9. The van der Waals surface area contributed by atoms with Gasteiger partial charge in [-0.25, -0.2) is 0 Å². The number of hydrogen-bond donors (Lipinski definition) is 1. The Labute approximate surface area is 220 Å². The number of hydrogen-bond acceptors (Lipinski definition) is 4. The summed E-state index contributed by atoms with van der Waals surface area (Å²) in [6, 6.07) is 0. The van der Waals surface area contributed by atoms with Crippen LogP contribution in [-0.2, 0) is 14.3 Å². The summed E-state index contributed by atoms with van der Waals surface area (Å²) in [5, 5.41) is 10.7. The van der Waals surface area contributed by atoms with Gasteiger partial charge in [0.25, 0.3) is 0 Å². The minimum Gasteiger partial charge on any atom is -0.462 e. The molecular weight excluding hydrogens is 448 g/mol. The number of aliphatic hydroxyl groups is 1. The van der Waals surface area contributed by atoms with Crippen molar-refractivity contribution in [2.75, 3.05) is 0 Å². The average Bonchev–Trinajstić information content (AvgIpc) is 3.32. The summed E-state index contributed by atoms with van der Waals surface area (Å²) >= 11 is 0. The molecule has 4 aliphatic carbocycles. The van der Waals surface area contributed by atoms with E-state index in [-0.39, 0.29) is 29.2 Å². The molecule has 0 spiro atoms. The third kappa shape index (κ3) is 3.62. The van der Waals surface area contributed by atoms with E-state index in [0.717, 1.165) is 25.2 Å². The molecule has 206 valence electrons. The molecule has 5 fully saturated rings. The molecule has 0 amide bonds. The third-order valence-electron chi connectivity index (χ3n) is 13.5. The molecule has 36 heavy (non-hydrogen) atoms. The first-order valence-corrected chi connectivity index (χ1v) is 15.1. The van der Waals surface area contributed by atoms with Crippen LogP contribution in [0.2, 0.25) is 0 Å². The monoisotopic (exact) mass is 502 g/mol. The maximum Gasteiger partial charge on any atom is 0.302 e. The van der Waals surface area contributed by atoms with Crippen LogP contribution in [0.1, 0.15) is 127 Å². The number of rotatable bonds is 3. The predicted molar refractivity (Wildman–Crippen MR) is 143 cm³/mol. The zero-order chi connectivity index (χ0) is 26.5. The van der Waals surface area contributed by atoms with Gasteiger partial charge in [0.1, 0.15) is 6.10 Å². The SMILES string of the molecule is CC(=O)O[C@H]1CC[C@]2(C)[C@H]3CC[C@@H]4[C@@H]([C@@]5(C)CC[C@H](C(C)(C)O)O5)CC[C@@]4(C)[C@]3(C)CC[C@H]2C1(C)C. The fourth-order valence-electron chi connectivity index (χ4n) is 11.5. The van der Waals surface area contributed by atoms with E-state index in [1.165, 1.54) is 44.9 Å². The largest absolute Gasteiger partial charge is 0.462 e. The summed E-state index contributed by atoms with van der Waals surface area (Å²) in [6.07, 6.45) is 11.9. The highest BCUT2D eigenvalue weighted by Gasteiger charge is 2.70. The van der Waals surface area contributed by atoms with Crippen molar-refractivity contribution < 1.29 is 19.4 Å². The molecule has 5 rings (SSSR count). The van der Waals surface area contributed by atoms with Crippen LogP contribution >= 0.6 is 0 Å². The molecule has 1 saturated heterocycles. The molecule has 0 aromatic rings. The van der Waals surface area contributed by atoms with Gasteiger partial charge in [-0.3, -0.25) is 4.79 Å². The van der Waals surface area contributed by atoms with Gasteiger partial charge in [0.2, 0.25) is 0 Å². The zero-order valence-electron chi connectivity index (χ0n) is 24.7. The molecule has 4 heteroatoms. The first-order chi connectivity index (χ1) is 16.5. The molecule has 10 atom stereocenters. The molecule has 0 radical (unpaired) electrons. The van der Waals surface area contributed by atoms with Crippen molar-refractivity contribution in [3.63, 3.8) is 0 Å². The summed E-state index contributed by atoms with van der Waals surface area (Å²) in [5.41, 5.74) is 0.122. The molecule has 0 bridgehead atoms. The maximum absolute atomic E-state index is 11.9. The smallest absolute Gasteiger partial charge is 0.302 e. The minimum atomic E-state index is -0.770. The summed E-state index contributed by atoms with van der Waals surface area (Å²) in [6.45, 7) is 20.4. The quantitative estimate of drug-likeness (QED) is 0.411. The molecule has 4 saturated carbocycles. The lowest BCUT2D eigenvalue weighted by molar-refractivity contribution is -0.231. The Morgan fingerprint density at radius 3 is 2.08 bits per heavy atom. The van der Waals surface area contributed by atoms with E-state index in [4.69, 9.17) is 9.47 Å². The van der Waals surface area contributed by atoms with E-state index in [0.29, 0.717) is 34.0 Å². The van der Waals surface area contributed by atoms with Crippen molar-refractivity contribution in [2.45, 2.75) is 150 Å². The van der Waals surface area contributed by atoms with Crippen molar-refractivity contribution >= 4 is 5.97 Å². The predicted octanol–water partition coefficient (Wildman–Crippen LogP) is 7.31. The molecular formula is C32H54O4. The lowest BCUT2D eigenvalue weighted by Crippen LogP contribution is -2.64. The highest BCUT2D eigenvalue weighted by molar-refractivity contribution is 5.66. The maximum atomic E-state index is 11.9. The third-order valence-corrected chi connectivity index (χ3v) is 13.5. The van der Waals surface area contributed by atoms with Gasteiger partial charge in [-0.05, 0) is 125 Å². The second-order valence-electron chi connectivity index (χ2n) is 15.9. The van der Waals surface area contributed by atoms with Crippen LogP contribution in [-0.4, -0.2) is 34.5 Å². The van der Waals surface area contributed by atoms with Crippen LogP contribution in [0.3, 0.4) is 0 Å². The number of carbonyl (C=O) groups is 1. The van der Waals surface area contributed by atoms with Crippen LogP contribution in [0, 0.1) is 45.3 Å². The average molecular weight is 503 g/mol. The Kier molecular flexibility index (Phi) is 6.14. The van der Waals surface area contributed by atoms with Gasteiger partial charge in [0, 0.05) is 12.3 Å². The standard InChI is InChI=1S/C32H54O4/c1-20(33)35-25-14-16-29(6)23(27(25,2)3)13-18-31(8)24(29)11-10-21-22(12-17-30(21,31)7)32(9)19-15-26(36-32)28(4,5)34/h21-26,34H,10-19H2,1-9H3/t21-,22+,23+,24-,25+,26-,29+,30-,31-,32-/m1/s1. The van der Waals surface area contributed by atoms with Gasteiger partial charge in [-0.1, -0.05) is 34.6 Å². The lowest BCUT2D eigenvalue weighted by atomic mass is 9.35. The van der Waals surface area contributed by atoms with Gasteiger partial charge in [0.15, 0.2) is 0 Å². The molecule has 5 aliphatic rings. The number of carbonyl (C=O) groups excluding carboxylic acids is 1. The van der Waals surface area contributed by atoms with E-state index in [1.54, 1.807) is 6.92 Å². The Balaban J connectivity index is 1.42. The van der Waals surface area contributed by atoms with E-state index in [9.17, 15) is 9.90 Å². The Morgan fingerprint density at radius 1 is 0.806 bits per heavy atom. The van der Waals surface area contributed by atoms with E-state index < -0.39 is 5.60 Å². The van der Waals surface area contributed by atoms with E-state index >= 15 is 0 Å². The van der Waals surface area contributed by atoms with Crippen LogP contribution < -0.4 is 0 Å². The van der Waals surface area contributed by atoms with Crippen LogP contribution in [0.15, 0.2) is 0 Å². The molecule has 0 aromatic heterocycles. The molecule has 0 aromatic carbocycles. The number of ether oxygens (including phenoxy) is 2. The van der Waals surface area contributed by atoms with Gasteiger partial charge in [-0.15, -0.1) is 0 Å². The molecule has 4 nitrogen and oxygen atoms in total. The molecule has 1 N–H and O–H groups in total. The minimum absolute atomic E-state index is 0.0211. The fraction of sp³-hybridized carbons (Fsp3) is 0.969. The van der Waals surface area contributed by atoms with Crippen LogP contribution in [0.5, 0.6) is 0 Å². The van der Waals surface area contributed by atoms with Gasteiger partial charge in [-0.2, -0.15) is 0 Å². The normalized spacial score (nSPS) is 52.3. The van der Waals surface area contributed by atoms with Crippen LogP contribution in [0.4, 0.5) is 0 Å². The summed E-state index contributed by atoms with van der Waals surface area (Å²) in [5.74, 6) is 2.49. The highest BCUT2D eigenvalue weighted by Crippen LogP contribution is 2.76. The van der Waals surface area contributed by atoms with Gasteiger partial charge < -0.3 is 14.6 Å². The second-order valence-corrected chi connectivity index (χ2v) is 15.9. The van der Waals surface area contributed by atoms with Crippen molar-refractivity contribution in [3.05, 3.63) is 0 Å². The number of fused-ring (bicyclic) bond motifs is 5. The lowest BCUT2D eigenvalue weighted by Gasteiger charge is -2.70. The Bertz CT molecular complexity index is 889. The first-order valence-electron chi connectivity index (χ1n) is 15.1. The molecule has 1 aliphatic heterocycles. The topological polar surface area (TPSA) is 55.8 Å². The van der Waals surface area contributed by atoms with Gasteiger partial charge in [0.05, 0.1) is 17.3 Å². The summed E-state index contributed by atoms with van der Waals surface area (Å²) < 4.78 is 12.6. The Hall–Kier alpha value is -0.610. The van der Waals surface area contributed by atoms with Crippen molar-refractivity contribution in [1.29, 1.82) is 0 Å². The number of esters is 1. The second kappa shape index (κ2) is 8.20. The van der Waals surface area contributed by atoms with E-state index in [2.05, 4.69) is 41.5 Å². The zero-order valence-corrected chi connectivity index (χ0v) is 24.7. The fourth-order valence-corrected chi connectivity index (χ4v) is 11.5. The van der Waals surface area contributed by atoms with Crippen molar-refractivity contribution in [2.24, 2.45) is 45.3 Å².